The van der Waals surface area contributed by atoms with Crippen molar-refractivity contribution in [2.75, 3.05) is 5.32 Å². The highest BCUT2D eigenvalue weighted by Gasteiger charge is 2.16. The van der Waals surface area contributed by atoms with Crippen molar-refractivity contribution < 1.29 is 9.18 Å². The van der Waals surface area contributed by atoms with Gasteiger partial charge in [0.1, 0.15) is 5.82 Å². The molecule has 0 spiro atoms. The van der Waals surface area contributed by atoms with Crippen molar-refractivity contribution >= 4 is 23.4 Å². The van der Waals surface area contributed by atoms with E-state index in [1.54, 1.807) is 19.1 Å². The number of carbonyl (C=O) groups excluding carboxylic acids is 1. The minimum atomic E-state index is -0.528. The first kappa shape index (κ1) is 14.3. The highest BCUT2D eigenvalue weighted by Crippen LogP contribution is 2.20. The summed E-state index contributed by atoms with van der Waals surface area (Å²) in [7, 11) is 0. The second-order valence-electron chi connectivity index (χ2n) is 3.97. The topological polar surface area (TPSA) is 74.8 Å². The van der Waals surface area contributed by atoms with E-state index in [9.17, 15) is 14.0 Å². The van der Waals surface area contributed by atoms with Crippen LogP contribution in [-0.2, 0) is 4.79 Å². The van der Waals surface area contributed by atoms with Gasteiger partial charge in [0.2, 0.25) is 5.91 Å². The molecule has 1 atom stereocenters. The Morgan fingerprint density at radius 1 is 1.40 bits per heavy atom. The summed E-state index contributed by atoms with van der Waals surface area (Å²) < 4.78 is 13.4. The molecule has 0 radical (unpaired) electrons. The normalized spacial score (nSPS) is 11.9. The number of nitrogens with zero attached hydrogens (tertiary/aromatic N) is 1. The van der Waals surface area contributed by atoms with E-state index in [0.29, 0.717) is 5.16 Å². The van der Waals surface area contributed by atoms with Crippen LogP contribution >= 0.6 is 11.8 Å². The lowest BCUT2D eigenvalue weighted by molar-refractivity contribution is -0.115. The molecule has 1 heterocycles. The number of amides is 1. The van der Waals surface area contributed by atoms with E-state index in [-0.39, 0.29) is 17.2 Å². The van der Waals surface area contributed by atoms with Gasteiger partial charge >= 0.3 is 0 Å². The zero-order chi connectivity index (χ0) is 14.5. The second-order valence-corrected chi connectivity index (χ2v) is 5.30. The molecule has 20 heavy (non-hydrogen) atoms. The Morgan fingerprint density at radius 2 is 2.15 bits per heavy atom. The van der Waals surface area contributed by atoms with E-state index in [4.69, 9.17) is 0 Å². The summed E-state index contributed by atoms with van der Waals surface area (Å²) in [4.78, 5) is 29.5. The number of aromatic nitrogens is 2. The maximum Gasteiger partial charge on any atom is 0.251 e. The van der Waals surface area contributed by atoms with Gasteiger partial charge in [0, 0.05) is 12.3 Å². The molecule has 1 aromatic carbocycles. The van der Waals surface area contributed by atoms with Gasteiger partial charge in [-0.25, -0.2) is 9.37 Å². The van der Waals surface area contributed by atoms with Crippen molar-refractivity contribution in [1.82, 2.24) is 9.97 Å². The number of hydrogen-bond acceptors (Lipinski definition) is 4. The lowest BCUT2D eigenvalue weighted by atomic mass is 10.3. The van der Waals surface area contributed by atoms with Gasteiger partial charge in [-0.1, -0.05) is 23.9 Å². The van der Waals surface area contributed by atoms with Crippen molar-refractivity contribution in [3.63, 3.8) is 0 Å². The minimum Gasteiger partial charge on any atom is -0.323 e. The van der Waals surface area contributed by atoms with Crippen LogP contribution in [0.15, 0.2) is 46.5 Å². The summed E-state index contributed by atoms with van der Waals surface area (Å²) >= 11 is 1.09. The number of para-hydroxylation sites is 1. The average molecular weight is 293 g/mol. The summed E-state index contributed by atoms with van der Waals surface area (Å²) in [5.74, 6) is -0.865. The lowest BCUT2D eigenvalue weighted by Crippen LogP contribution is -2.23. The van der Waals surface area contributed by atoms with Gasteiger partial charge in [-0.2, -0.15) is 0 Å². The van der Waals surface area contributed by atoms with Crippen LogP contribution in [-0.4, -0.2) is 21.1 Å². The van der Waals surface area contributed by atoms with E-state index in [1.165, 1.54) is 24.4 Å². The predicted octanol–water partition coefficient (Wildman–Crippen LogP) is 2.03. The van der Waals surface area contributed by atoms with E-state index >= 15 is 0 Å². The van der Waals surface area contributed by atoms with Crippen molar-refractivity contribution in [1.29, 1.82) is 0 Å². The number of hydrogen-bond donors (Lipinski definition) is 2. The monoisotopic (exact) mass is 293 g/mol. The summed E-state index contributed by atoms with van der Waals surface area (Å²) in [6.07, 6.45) is 1.36. The molecule has 1 amide bonds. The van der Waals surface area contributed by atoms with Gasteiger partial charge in [-0.3, -0.25) is 9.59 Å². The fourth-order valence-corrected chi connectivity index (χ4v) is 2.21. The fraction of sp³-hybridized carbons (Fsp3) is 0.154. The molecule has 5 nitrogen and oxygen atoms in total. The first-order chi connectivity index (χ1) is 9.56. The molecular formula is C13H12FN3O2S. The Labute approximate surface area is 118 Å². The molecule has 2 aromatic rings. The van der Waals surface area contributed by atoms with Crippen LogP contribution < -0.4 is 10.9 Å². The average Bonchev–Trinajstić information content (AvgIpc) is 2.41. The zero-order valence-electron chi connectivity index (χ0n) is 10.6. The maximum absolute atomic E-state index is 13.4. The summed E-state index contributed by atoms with van der Waals surface area (Å²) in [5, 5.41) is 2.30. The number of halogens is 1. The Kier molecular flexibility index (Phi) is 4.52. The largest absolute Gasteiger partial charge is 0.323 e. The first-order valence-corrected chi connectivity index (χ1v) is 6.71. The summed E-state index contributed by atoms with van der Waals surface area (Å²) in [6.45, 7) is 1.65. The third kappa shape index (κ3) is 3.67. The second kappa shape index (κ2) is 6.33. The van der Waals surface area contributed by atoms with E-state index in [0.717, 1.165) is 11.8 Å². The number of rotatable bonds is 4. The molecule has 0 aliphatic heterocycles. The van der Waals surface area contributed by atoms with E-state index in [2.05, 4.69) is 15.3 Å². The molecule has 1 aromatic heterocycles. The number of nitrogens with one attached hydrogen (secondary N) is 2. The van der Waals surface area contributed by atoms with Crippen molar-refractivity contribution in [3.05, 3.63) is 52.7 Å². The molecule has 104 valence electrons. The van der Waals surface area contributed by atoms with E-state index in [1.807, 2.05) is 0 Å². The van der Waals surface area contributed by atoms with Crippen LogP contribution in [0.2, 0.25) is 0 Å². The van der Waals surface area contributed by atoms with Crippen LogP contribution in [0.25, 0.3) is 0 Å². The molecule has 2 N–H and O–H groups in total. The summed E-state index contributed by atoms with van der Waals surface area (Å²) in [5.41, 5.74) is -0.163. The van der Waals surface area contributed by atoms with Crippen molar-refractivity contribution in [2.45, 2.75) is 17.3 Å². The number of aromatic amines is 1. The third-order valence-corrected chi connectivity index (χ3v) is 3.44. The van der Waals surface area contributed by atoms with Crippen LogP contribution in [0.4, 0.5) is 10.1 Å². The number of anilines is 1. The minimum absolute atomic E-state index is 0.125. The first-order valence-electron chi connectivity index (χ1n) is 5.83. The SMILES string of the molecule is C[C@H](Sc1nccc(=O)[nH]1)C(=O)Nc1ccccc1F. The molecular weight excluding hydrogens is 281 g/mol. The Balaban J connectivity index is 2.02. The molecule has 2 rings (SSSR count). The Morgan fingerprint density at radius 3 is 2.85 bits per heavy atom. The number of thioether (sulfide) groups is 1. The van der Waals surface area contributed by atoms with Crippen molar-refractivity contribution in [2.24, 2.45) is 0 Å². The van der Waals surface area contributed by atoms with Crippen LogP contribution in [0.5, 0.6) is 0 Å². The van der Waals surface area contributed by atoms with Gasteiger partial charge < -0.3 is 10.3 Å². The third-order valence-electron chi connectivity index (χ3n) is 2.44. The van der Waals surface area contributed by atoms with Crippen molar-refractivity contribution in [3.8, 4) is 0 Å². The van der Waals surface area contributed by atoms with Gasteiger partial charge in [-0.15, -0.1) is 0 Å². The van der Waals surface area contributed by atoms with Crippen LogP contribution in [0.3, 0.4) is 0 Å². The molecule has 0 fully saturated rings. The lowest BCUT2D eigenvalue weighted by Gasteiger charge is -2.11. The highest BCUT2D eigenvalue weighted by molar-refractivity contribution is 8.00. The molecule has 0 bridgehead atoms. The van der Waals surface area contributed by atoms with Gasteiger partial charge in [-0.05, 0) is 19.1 Å². The van der Waals surface area contributed by atoms with Crippen LogP contribution in [0, 0.1) is 5.82 Å². The van der Waals surface area contributed by atoms with E-state index < -0.39 is 11.1 Å². The summed E-state index contributed by atoms with van der Waals surface area (Å²) in [6, 6.07) is 7.21. The molecule has 7 heteroatoms. The molecule has 0 saturated carbocycles. The molecule has 0 saturated heterocycles. The predicted molar refractivity (Wildman–Crippen MR) is 75.2 cm³/mol. The maximum atomic E-state index is 13.4. The number of benzene rings is 1. The smallest absolute Gasteiger partial charge is 0.251 e. The van der Waals surface area contributed by atoms with Gasteiger partial charge in [0.15, 0.2) is 5.16 Å². The Hall–Kier alpha value is -2.15. The molecule has 0 unspecified atom stereocenters. The van der Waals surface area contributed by atoms with Crippen LogP contribution in [0.1, 0.15) is 6.92 Å². The van der Waals surface area contributed by atoms with Gasteiger partial charge in [0.05, 0.1) is 10.9 Å². The number of carbonyl (C=O) groups is 1. The molecule has 0 aliphatic carbocycles. The van der Waals surface area contributed by atoms with Gasteiger partial charge in [0.25, 0.3) is 5.56 Å². The molecule has 0 aliphatic rings. The zero-order valence-corrected chi connectivity index (χ0v) is 11.4. The fourth-order valence-electron chi connectivity index (χ4n) is 1.43. The number of H-pyrrole nitrogens is 1. The standard InChI is InChI=1S/C13H12FN3O2S/c1-8(20-13-15-7-6-11(18)17-13)12(19)16-10-5-3-2-4-9(10)14/h2-8H,1H3,(H,16,19)(H,15,17,18)/t8-/m0/s1. The Bertz CT molecular complexity index is 674. The quantitative estimate of drug-likeness (QED) is 0.668. The highest BCUT2D eigenvalue weighted by atomic mass is 32.2.